The molecule has 3 atom stereocenters. The number of aliphatic hydroxyl groups excluding tert-OH is 1. The highest BCUT2D eigenvalue weighted by molar-refractivity contribution is 4.90. The van der Waals surface area contributed by atoms with Gasteiger partial charge in [-0.2, -0.15) is 0 Å². The molecule has 0 spiro atoms. The first-order valence-electron chi connectivity index (χ1n) is 7.76. The van der Waals surface area contributed by atoms with Crippen LogP contribution in [0.5, 0.6) is 0 Å². The zero-order valence-corrected chi connectivity index (χ0v) is 12.3. The van der Waals surface area contributed by atoms with Gasteiger partial charge in [-0.15, -0.1) is 0 Å². The zero-order chi connectivity index (χ0) is 13.1. The van der Waals surface area contributed by atoms with E-state index >= 15 is 0 Å². The van der Waals surface area contributed by atoms with Crippen LogP contribution in [0.4, 0.5) is 0 Å². The highest BCUT2D eigenvalue weighted by atomic mass is 16.3. The number of likely N-dealkylation sites (N-methyl/N-ethyl adjacent to an activating group) is 1. The second kappa shape index (κ2) is 6.36. The second-order valence-corrected chi connectivity index (χ2v) is 6.41. The fourth-order valence-electron chi connectivity index (χ4n) is 3.76. The number of piperazine rings is 1. The van der Waals surface area contributed by atoms with Gasteiger partial charge in [-0.25, -0.2) is 0 Å². The summed E-state index contributed by atoms with van der Waals surface area (Å²) in [6, 6.07) is 0.618. The molecule has 0 bridgehead atoms. The molecule has 0 aromatic heterocycles. The maximum absolute atomic E-state index is 9.97. The van der Waals surface area contributed by atoms with Crippen molar-refractivity contribution in [1.29, 1.82) is 0 Å². The van der Waals surface area contributed by atoms with Crippen LogP contribution < -0.4 is 0 Å². The first kappa shape index (κ1) is 14.3. The van der Waals surface area contributed by atoms with Crippen LogP contribution in [0.1, 0.15) is 40.0 Å². The molecule has 0 amide bonds. The van der Waals surface area contributed by atoms with Gasteiger partial charge in [0.05, 0.1) is 6.10 Å². The normalized spacial score (nSPS) is 36.2. The highest BCUT2D eigenvalue weighted by Gasteiger charge is 2.36. The summed E-state index contributed by atoms with van der Waals surface area (Å²) in [7, 11) is 0. The van der Waals surface area contributed by atoms with Crippen LogP contribution in [-0.4, -0.2) is 59.8 Å². The lowest BCUT2D eigenvalue weighted by Crippen LogP contribution is -2.55. The van der Waals surface area contributed by atoms with E-state index in [2.05, 4.69) is 30.6 Å². The third kappa shape index (κ3) is 3.25. The quantitative estimate of drug-likeness (QED) is 0.832. The van der Waals surface area contributed by atoms with Crippen molar-refractivity contribution < 1.29 is 5.11 Å². The minimum absolute atomic E-state index is 0.0609. The summed E-state index contributed by atoms with van der Waals surface area (Å²) in [4.78, 5) is 5.18. The summed E-state index contributed by atoms with van der Waals surface area (Å²) >= 11 is 0. The third-order valence-corrected chi connectivity index (χ3v) is 5.02. The molecule has 0 aromatic carbocycles. The number of aliphatic hydroxyl groups is 1. The molecule has 1 heterocycles. The van der Waals surface area contributed by atoms with Crippen LogP contribution in [-0.2, 0) is 0 Å². The van der Waals surface area contributed by atoms with Gasteiger partial charge in [-0.1, -0.05) is 20.8 Å². The first-order valence-corrected chi connectivity index (χ1v) is 7.76. The Hall–Kier alpha value is -0.120. The molecular formula is C15H30N2O. The zero-order valence-electron chi connectivity index (χ0n) is 12.3. The van der Waals surface area contributed by atoms with Gasteiger partial charge in [0.15, 0.2) is 0 Å². The lowest BCUT2D eigenvalue weighted by atomic mass is 9.76. The Morgan fingerprint density at radius 3 is 2.33 bits per heavy atom. The Morgan fingerprint density at radius 2 is 1.78 bits per heavy atom. The van der Waals surface area contributed by atoms with E-state index in [0.29, 0.717) is 6.04 Å². The molecule has 106 valence electrons. The highest BCUT2D eigenvalue weighted by Crippen LogP contribution is 2.34. The van der Waals surface area contributed by atoms with Crippen molar-refractivity contribution >= 4 is 0 Å². The molecule has 0 radical (unpaired) electrons. The van der Waals surface area contributed by atoms with Crippen molar-refractivity contribution in [2.75, 3.05) is 32.7 Å². The Labute approximate surface area is 112 Å². The van der Waals surface area contributed by atoms with E-state index in [9.17, 15) is 5.11 Å². The molecule has 1 saturated carbocycles. The van der Waals surface area contributed by atoms with Crippen LogP contribution in [0.3, 0.4) is 0 Å². The summed E-state index contributed by atoms with van der Waals surface area (Å²) in [5, 5.41) is 9.97. The molecule has 2 fully saturated rings. The maximum atomic E-state index is 9.97. The minimum Gasteiger partial charge on any atom is -0.393 e. The van der Waals surface area contributed by atoms with Gasteiger partial charge in [0.1, 0.15) is 0 Å². The molecule has 1 aliphatic heterocycles. The SMILES string of the molecule is CCN1CCN(C2CC(O)CCC2C(C)C)CC1. The average molecular weight is 254 g/mol. The molecule has 0 aromatic rings. The fourth-order valence-corrected chi connectivity index (χ4v) is 3.76. The Bertz CT molecular complexity index is 249. The van der Waals surface area contributed by atoms with Crippen LogP contribution in [0.15, 0.2) is 0 Å². The van der Waals surface area contributed by atoms with E-state index in [1.165, 1.54) is 39.1 Å². The molecule has 3 unspecified atom stereocenters. The third-order valence-electron chi connectivity index (χ3n) is 5.02. The van der Waals surface area contributed by atoms with E-state index in [-0.39, 0.29) is 6.10 Å². The van der Waals surface area contributed by atoms with E-state index in [0.717, 1.165) is 24.7 Å². The van der Waals surface area contributed by atoms with Gasteiger partial charge in [0.25, 0.3) is 0 Å². The van der Waals surface area contributed by atoms with Gasteiger partial charge in [0, 0.05) is 32.2 Å². The van der Waals surface area contributed by atoms with Crippen molar-refractivity contribution in [3.63, 3.8) is 0 Å². The largest absolute Gasteiger partial charge is 0.393 e. The Balaban J connectivity index is 1.95. The summed E-state index contributed by atoms with van der Waals surface area (Å²) < 4.78 is 0. The van der Waals surface area contributed by atoms with Crippen molar-refractivity contribution in [1.82, 2.24) is 9.80 Å². The molecule has 1 saturated heterocycles. The van der Waals surface area contributed by atoms with Gasteiger partial charge < -0.3 is 10.0 Å². The summed E-state index contributed by atoms with van der Waals surface area (Å²) in [5.74, 6) is 1.52. The van der Waals surface area contributed by atoms with E-state index < -0.39 is 0 Å². The summed E-state index contributed by atoms with van der Waals surface area (Å²) in [6.07, 6.45) is 3.15. The summed E-state index contributed by atoms with van der Waals surface area (Å²) in [6.45, 7) is 12.9. The molecule has 1 N–H and O–H groups in total. The van der Waals surface area contributed by atoms with Crippen molar-refractivity contribution in [3.8, 4) is 0 Å². The van der Waals surface area contributed by atoms with Crippen molar-refractivity contribution in [2.45, 2.75) is 52.2 Å². The lowest BCUT2D eigenvalue weighted by Gasteiger charge is -2.46. The lowest BCUT2D eigenvalue weighted by molar-refractivity contribution is -0.00797. The maximum Gasteiger partial charge on any atom is 0.0555 e. The summed E-state index contributed by atoms with van der Waals surface area (Å²) in [5.41, 5.74) is 0. The van der Waals surface area contributed by atoms with Crippen LogP contribution >= 0.6 is 0 Å². The van der Waals surface area contributed by atoms with Gasteiger partial charge in [0.2, 0.25) is 0 Å². The Kier molecular flexibility index (Phi) is 5.05. The van der Waals surface area contributed by atoms with Gasteiger partial charge in [-0.05, 0) is 37.6 Å². The van der Waals surface area contributed by atoms with Gasteiger partial charge >= 0.3 is 0 Å². The van der Waals surface area contributed by atoms with Crippen LogP contribution in [0, 0.1) is 11.8 Å². The number of hydrogen-bond acceptors (Lipinski definition) is 3. The molecule has 2 rings (SSSR count). The topological polar surface area (TPSA) is 26.7 Å². The van der Waals surface area contributed by atoms with Crippen molar-refractivity contribution in [3.05, 3.63) is 0 Å². The smallest absolute Gasteiger partial charge is 0.0555 e. The first-order chi connectivity index (χ1) is 8.61. The second-order valence-electron chi connectivity index (χ2n) is 6.41. The number of nitrogens with zero attached hydrogens (tertiary/aromatic N) is 2. The Morgan fingerprint density at radius 1 is 1.11 bits per heavy atom. The monoisotopic (exact) mass is 254 g/mol. The molecule has 3 heteroatoms. The van der Waals surface area contributed by atoms with Crippen molar-refractivity contribution in [2.24, 2.45) is 11.8 Å². The van der Waals surface area contributed by atoms with E-state index in [4.69, 9.17) is 0 Å². The predicted octanol–water partition coefficient (Wildman–Crippen LogP) is 1.81. The number of hydrogen-bond donors (Lipinski definition) is 1. The standard InChI is InChI=1S/C15H30N2O/c1-4-16-7-9-17(10-8-16)15-11-13(18)5-6-14(15)12(2)3/h12-15,18H,4-11H2,1-3H3. The van der Waals surface area contributed by atoms with E-state index in [1.807, 2.05) is 0 Å². The average Bonchev–Trinajstić information content (AvgIpc) is 2.38. The fraction of sp³-hybridized carbons (Fsp3) is 1.00. The molecule has 18 heavy (non-hydrogen) atoms. The number of rotatable bonds is 3. The van der Waals surface area contributed by atoms with Crippen LogP contribution in [0.2, 0.25) is 0 Å². The molecule has 2 aliphatic rings. The van der Waals surface area contributed by atoms with Gasteiger partial charge in [-0.3, -0.25) is 4.90 Å². The predicted molar refractivity (Wildman–Crippen MR) is 75.7 cm³/mol. The minimum atomic E-state index is -0.0609. The molecular weight excluding hydrogens is 224 g/mol. The van der Waals surface area contributed by atoms with Crippen LogP contribution in [0.25, 0.3) is 0 Å². The van der Waals surface area contributed by atoms with E-state index in [1.54, 1.807) is 0 Å². The molecule has 3 nitrogen and oxygen atoms in total. The molecule has 1 aliphatic carbocycles.